The number of nitrogens with zero attached hydrogens (tertiary/aromatic N) is 2. The summed E-state index contributed by atoms with van der Waals surface area (Å²) in [7, 11) is 1.39. The minimum absolute atomic E-state index is 0.0873. The quantitative estimate of drug-likeness (QED) is 0.644. The van der Waals surface area contributed by atoms with Gasteiger partial charge in [-0.3, -0.25) is 10.1 Å². The molecule has 7 nitrogen and oxygen atoms in total. The molecule has 0 atom stereocenters. The van der Waals surface area contributed by atoms with Crippen molar-refractivity contribution in [1.29, 1.82) is 0 Å². The minimum Gasteiger partial charge on any atom is -0.490 e. The first kappa shape index (κ1) is 14.0. The van der Waals surface area contributed by atoms with Crippen molar-refractivity contribution in [2.24, 2.45) is 0 Å². The van der Waals surface area contributed by atoms with Crippen LogP contribution in [0.2, 0.25) is 0 Å². The van der Waals surface area contributed by atoms with Gasteiger partial charge in [-0.2, -0.15) is 0 Å². The van der Waals surface area contributed by atoms with Crippen molar-refractivity contribution in [2.75, 3.05) is 13.7 Å². The van der Waals surface area contributed by atoms with Gasteiger partial charge in [-0.25, -0.2) is 4.98 Å². The third-order valence-electron chi connectivity index (χ3n) is 2.73. The van der Waals surface area contributed by atoms with Gasteiger partial charge in [0, 0.05) is 18.2 Å². The van der Waals surface area contributed by atoms with Gasteiger partial charge in [0.1, 0.15) is 6.26 Å². The number of nitrogens with one attached hydrogen (secondary N) is 1. The SMILES string of the molecule is CCNCc1coc(-c2ccc([N+](=O)[O-])c(OC)c2)n1. The summed E-state index contributed by atoms with van der Waals surface area (Å²) in [5, 5.41) is 14.0. The summed E-state index contributed by atoms with van der Waals surface area (Å²) in [6.07, 6.45) is 1.56. The molecule has 0 bridgehead atoms. The van der Waals surface area contributed by atoms with Crippen molar-refractivity contribution in [1.82, 2.24) is 10.3 Å². The van der Waals surface area contributed by atoms with Crippen LogP contribution < -0.4 is 10.1 Å². The molecule has 0 saturated heterocycles. The zero-order valence-electron chi connectivity index (χ0n) is 11.3. The highest BCUT2D eigenvalue weighted by Crippen LogP contribution is 2.31. The molecule has 1 aromatic heterocycles. The summed E-state index contributed by atoms with van der Waals surface area (Å²) >= 11 is 0. The van der Waals surface area contributed by atoms with E-state index in [1.807, 2.05) is 6.92 Å². The van der Waals surface area contributed by atoms with Gasteiger partial charge in [0.2, 0.25) is 5.89 Å². The number of benzene rings is 1. The molecular weight excluding hydrogens is 262 g/mol. The van der Waals surface area contributed by atoms with Gasteiger partial charge in [-0.15, -0.1) is 0 Å². The van der Waals surface area contributed by atoms with E-state index in [4.69, 9.17) is 9.15 Å². The lowest BCUT2D eigenvalue weighted by molar-refractivity contribution is -0.385. The summed E-state index contributed by atoms with van der Waals surface area (Å²) in [6, 6.07) is 4.51. The molecule has 0 amide bonds. The Labute approximate surface area is 115 Å². The van der Waals surface area contributed by atoms with Gasteiger partial charge >= 0.3 is 5.69 Å². The molecule has 0 aliphatic rings. The standard InChI is InChI=1S/C13H15N3O4/c1-3-14-7-10-8-20-13(15-10)9-4-5-11(16(17)18)12(6-9)19-2/h4-6,8,14H,3,7H2,1-2H3. The molecule has 0 unspecified atom stereocenters. The first-order valence-electron chi connectivity index (χ1n) is 6.13. The fourth-order valence-electron chi connectivity index (χ4n) is 1.74. The largest absolute Gasteiger partial charge is 0.490 e. The van der Waals surface area contributed by atoms with Crippen LogP contribution >= 0.6 is 0 Å². The van der Waals surface area contributed by atoms with Gasteiger partial charge < -0.3 is 14.5 Å². The smallest absolute Gasteiger partial charge is 0.310 e. The molecule has 1 aromatic carbocycles. The second-order valence-corrected chi connectivity index (χ2v) is 4.07. The number of hydrogen-bond acceptors (Lipinski definition) is 6. The third-order valence-corrected chi connectivity index (χ3v) is 2.73. The van der Waals surface area contributed by atoms with Gasteiger partial charge in [-0.1, -0.05) is 6.92 Å². The number of nitro benzene ring substituents is 1. The maximum Gasteiger partial charge on any atom is 0.310 e. The maximum atomic E-state index is 10.8. The summed E-state index contributed by atoms with van der Waals surface area (Å²) < 4.78 is 10.4. The monoisotopic (exact) mass is 277 g/mol. The summed E-state index contributed by atoms with van der Waals surface area (Å²) in [5.74, 6) is 0.588. The van der Waals surface area contributed by atoms with Crippen molar-refractivity contribution < 1.29 is 14.1 Å². The summed E-state index contributed by atoms with van der Waals surface area (Å²) in [6.45, 7) is 3.46. The van der Waals surface area contributed by atoms with Crippen LogP contribution in [-0.2, 0) is 6.54 Å². The molecule has 106 valence electrons. The number of oxazole rings is 1. The van der Waals surface area contributed by atoms with Crippen LogP contribution in [0.3, 0.4) is 0 Å². The molecular formula is C13H15N3O4. The highest BCUT2D eigenvalue weighted by molar-refractivity contribution is 5.62. The molecule has 0 aliphatic heterocycles. The fourth-order valence-corrected chi connectivity index (χ4v) is 1.74. The predicted octanol–water partition coefficient (Wildman–Crippen LogP) is 2.37. The number of rotatable bonds is 6. The van der Waals surface area contributed by atoms with Crippen molar-refractivity contribution in [3.8, 4) is 17.2 Å². The first-order chi connectivity index (χ1) is 9.65. The normalized spacial score (nSPS) is 10.5. The maximum absolute atomic E-state index is 10.8. The Morgan fingerprint density at radius 1 is 1.50 bits per heavy atom. The predicted molar refractivity (Wildman–Crippen MR) is 72.5 cm³/mol. The molecule has 0 radical (unpaired) electrons. The molecule has 1 heterocycles. The molecule has 0 spiro atoms. The Balaban J connectivity index is 2.28. The lowest BCUT2D eigenvalue weighted by Gasteiger charge is -2.02. The molecule has 1 N–H and O–H groups in total. The molecule has 20 heavy (non-hydrogen) atoms. The van der Waals surface area contributed by atoms with Crippen LogP contribution in [0.5, 0.6) is 5.75 Å². The van der Waals surface area contributed by atoms with E-state index in [0.717, 1.165) is 12.2 Å². The van der Waals surface area contributed by atoms with E-state index in [1.165, 1.54) is 13.2 Å². The Hall–Kier alpha value is -2.41. The van der Waals surface area contributed by atoms with Crippen molar-refractivity contribution in [3.63, 3.8) is 0 Å². The molecule has 0 aliphatic carbocycles. The van der Waals surface area contributed by atoms with Crippen LogP contribution in [0, 0.1) is 10.1 Å². The zero-order chi connectivity index (χ0) is 14.5. The lowest BCUT2D eigenvalue weighted by Crippen LogP contribution is -2.11. The van der Waals surface area contributed by atoms with E-state index in [0.29, 0.717) is 18.0 Å². The van der Waals surface area contributed by atoms with Crippen LogP contribution in [0.25, 0.3) is 11.5 Å². The van der Waals surface area contributed by atoms with Crippen molar-refractivity contribution >= 4 is 5.69 Å². The first-order valence-corrected chi connectivity index (χ1v) is 6.13. The van der Waals surface area contributed by atoms with E-state index >= 15 is 0 Å². The Morgan fingerprint density at radius 3 is 2.95 bits per heavy atom. The Morgan fingerprint density at radius 2 is 2.30 bits per heavy atom. The average Bonchev–Trinajstić information content (AvgIpc) is 2.93. The average molecular weight is 277 g/mol. The van der Waals surface area contributed by atoms with Gasteiger partial charge in [0.25, 0.3) is 0 Å². The fraction of sp³-hybridized carbons (Fsp3) is 0.308. The second kappa shape index (κ2) is 6.16. The number of methoxy groups -OCH3 is 1. The lowest BCUT2D eigenvalue weighted by atomic mass is 10.2. The van der Waals surface area contributed by atoms with E-state index in [9.17, 15) is 10.1 Å². The van der Waals surface area contributed by atoms with Gasteiger partial charge in [-0.05, 0) is 18.7 Å². The Bertz CT molecular complexity index is 609. The summed E-state index contributed by atoms with van der Waals surface area (Å²) in [4.78, 5) is 14.7. The van der Waals surface area contributed by atoms with Crippen molar-refractivity contribution in [2.45, 2.75) is 13.5 Å². The number of nitro groups is 1. The number of hydrogen-bond donors (Lipinski definition) is 1. The molecule has 0 fully saturated rings. The molecule has 0 saturated carbocycles. The van der Waals surface area contributed by atoms with Crippen LogP contribution in [-0.4, -0.2) is 23.6 Å². The highest BCUT2D eigenvalue weighted by atomic mass is 16.6. The molecule has 2 rings (SSSR count). The zero-order valence-corrected chi connectivity index (χ0v) is 11.3. The topological polar surface area (TPSA) is 90.4 Å². The van der Waals surface area contributed by atoms with Crippen LogP contribution in [0.15, 0.2) is 28.9 Å². The van der Waals surface area contributed by atoms with Crippen molar-refractivity contribution in [3.05, 3.63) is 40.3 Å². The van der Waals surface area contributed by atoms with Crippen LogP contribution in [0.4, 0.5) is 5.69 Å². The van der Waals surface area contributed by atoms with E-state index < -0.39 is 4.92 Å². The van der Waals surface area contributed by atoms with E-state index in [2.05, 4.69) is 10.3 Å². The number of ether oxygens (including phenoxy) is 1. The van der Waals surface area contributed by atoms with Gasteiger partial charge in [0.05, 0.1) is 17.7 Å². The third kappa shape index (κ3) is 2.94. The minimum atomic E-state index is -0.491. The van der Waals surface area contributed by atoms with Gasteiger partial charge in [0.15, 0.2) is 5.75 Å². The second-order valence-electron chi connectivity index (χ2n) is 4.07. The molecule has 7 heteroatoms. The van der Waals surface area contributed by atoms with E-state index in [-0.39, 0.29) is 11.4 Å². The Kier molecular flexibility index (Phi) is 4.31. The summed E-state index contributed by atoms with van der Waals surface area (Å²) in [5.41, 5.74) is 1.32. The highest BCUT2D eigenvalue weighted by Gasteiger charge is 2.17. The number of aromatic nitrogens is 1. The molecule has 2 aromatic rings. The van der Waals surface area contributed by atoms with Crippen LogP contribution in [0.1, 0.15) is 12.6 Å². The van der Waals surface area contributed by atoms with E-state index in [1.54, 1.807) is 18.4 Å².